The van der Waals surface area contributed by atoms with Gasteiger partial charge in [0, 0.05) is 16.7 Å². The Kier molecular flexibility index (Phi) is 4.33. The third-order valence-corrected chi connectivity index (χ3v) is 4.29. The van der Waals surface area contributed by atoms with Crippen molar-refractivity contribution in [2.45, 2.75) is 25.7 Å². The number of rotatable bonds is 5. The van der Waals surface area contributed by atoms with Gasteiger partial charge in [0.05, 0.1) is 0 Å². The van der Waals surface area contributed by atoms with Crippen molar-refractivity contribution in [2.24, 2.45) is 0 Å². The van der Waals surface area contributed by atoms with Crippen molar-refractivity contribution in [3.63, 3.8) is 0 Å². The molecule has 98 valence electrons. The first kappa shape index (κ1) is 13.8. The van der Waals surface area contributed by atoms with E-state index in [0.29, 0.717) is 6.42 Å². The Labute approximate surface area is 118 Å². The number of allylic oxidation sites excluding steroid dienone is 1. The van der Waals surface area contributed by atoms with Gasteiger partial charge >= 0.3 is 0 Å². The lowest BCUT2D eigenvalue weighted by molar-refractivity contribution is -0.117. The number of carbonyl (C=O) groups excluding carboxylic acids is 1. The molecule has 1 heterocycles. The van der Waals surface area contributed by atoms with Crippen LogP contribution >= 0.6 is 11.3 Å². The third-order valence-electron chi connectivity index (χ3n) is 3.14. The molecule has 1 aromatic heterocycles. The molecule has 0 amide bonds. The summed E-state index contributed by atoms with van der Waals surface area (Å²) < 4.78 is 0. The summed E-state index contributed by atoms with van der Waals surface area (Å²) in [5.41, 5.74) is 0.948. The minimum Gasteiger partial charge on any atom is -0.300 e. The highest BCUT2D eigenvalue weighted by Crippen LogP contribution is 2.33. The van der Waals surface area contributed by atoms with E-state index < -0.39 is 0 Å². The minimum atomic E-state index is -0.212. The van der Waals surface area contributed by atoms with Gasteiger partial charge in [-0.1, -0.05) is 55.5 Å². The molecule has 0 aliphatic carbocycles. The van der Waals surface area contributed by atoms with Crippen LogP contribution in [0.5, 0.6) is 0 Å². The minimum absolute atomic E-state index is 0.212. The number of hydrogen-bond donors (Lipinski definition) is 0. The van der Waals surface area contributed by atoms with E-state index in [-0.39, 0.29) is 11.2 Å². The molecule has 0 fully saturated rings. The largest absolute Gasteiger partial charge is 0.300 e. The first-order valence-electron chi connectivity index (χ1n) is 6.38. The smallest absolute Gasteiger partial charge is 0.131 e. The van der Waals surface area contributed by atoms with Crippen molar-refractivity contribution in [1.82, 2.24) is 0 Å². The first-order valence-corrected chi connectivity index (χ1v) is 7.26. The Balaban J connectivity index is 2.29. The lowest BCUT2D eigenvalue weighted by atomic mass is 9.83. The first-order chi connectivity index (χ1) is 9.10. The van der Waals surface area contributed by atoms with E-state index in [2.05, 4.69) is 42.7 Å². The van der Waals surface area contributed by atoms with Crippen LogP contribution in [0.25, 0.3) is 6.08 Å². The van der Waals surface area contributed by atoms with Crippen LogP contribution in [0.4, 0.5) is 0 Å². The summed E-state index contributed by atoms with van der Waals surface area (Å²) in [6.07, 6.45) is 4.79. The molecule has 0 saturated heterocycles. The highest BCUT2D eigenvalue weighted by molar-refractivity contribution is 7.10. The summed E-state index contributed by atoms with van der Waals surface area (Å²) >= 11 is 1.70. The average Bonchev–Trinajstić information content (AvgIpc) is 2.91. The molecule has 2 heteroatoms. The predicted molar refractivity (Wildman–Crippen MR) is 82.4 cm³/mol. The highest BCUT2D eigenvalue weighted by Gasteiger charge is 2.26. The Morgan fingerprint density at radius 1 is 1.21 bits per heavy atom. The zero-order valence-electron chi connectivity index (χ0n) is 11.3. The van der Waals surface area contributed by atoms with Crippen LogP contribution < -0.4 is 0 Å². The number of Topliss-reactive ketones (excluding diaryl/α,β-unsaturated/α-hetero) is 1. The van der Waals surface area contributed by atoms with E-state index in [1.165, 1.54) is 4.88 Å². The molecule has 1 atom stereocenters. The summed E-state index contributed by atoms with van der Waals surface area (Å²) in [5, 5.41) is 2.06. The van der Waals surface area contributed by atoms with Crippen molar-refractivity contribution in [1.29, 1.82) is 0 Å². The quantitative estimate of drug-likeness (QED) is 0.769. The standard InChI is InChI=1S/C17H18OS/c1-14(18)13-17(2,16-9-6-12-19-16)11-10-15-7-4-3-5-8-15/h3-12H,13H2,1-2H3/b11-10+/t17-/m1/s1. The van der Waals surface area contributed by atoms with Crippen LogP contribution in [0.3, 0.4) is 0 Å². The van der Waals surface area contributed by atoms with E-state index in [9.17, 15) is 4.79 Å². The fourth-order valence-corrected chi connectivity index (χ4v) is 3.06. The van der Waals surface area contributed by atoms with Crippen molar-refractivity contribution < 1.29 is 4.79 Å². The van der Waals surface area contributed by atoms with Gasteiger partial charge in [-0.25, -0.2) is 0 Å². The summed E-state index contributed by atoms with van der Waals surface area (Å²) in [5.74, 6) is 0.216. The van der Waals surface area contributed by atoms with Gasteiger partial charge in [-0.05, 0) is 23.9 Å². The van der Waals surface area contributed by atoms with E-state index >= 15 is 0 Å². The van der Waals surface area contributed by atoms with Gasteiger partial charge < -0.3 is 0 Å². The van der Waals surface area contributed by atoms with Gasteiger partial charge in [0.1, 0.15) is 5.78 Å². The second-order valence-electron chi connectivity index (χ2n) is 5.02. The van der Waals surface area contributed by atoms with E-state index in [4.69, 9.17) is 0 Å². The Hall–Kier alpha value is -1.67. The SMILES string of the molecule is CC(=O)C[C@@](C)(/C=C/c1ccccc1)c1cccs1. The number of ketones is 1. The van der Waals surface area contributed by atoms with Crippen LogP contribution in [0.15, 0.2) is 53.9 Å². The predicted octanol–water partition coefficient (Wildman–Crippen LogP) is 4.70. The van der Waals surface area contributed by atoms with Crippen LogP contribution in [-0.4, -0.2) is 5.78 Å². The summed E-state index contributed by atoms with van der Waals surface area (Å²) in [6.45, 7) is 3.78. The highest BCUT2D eigenvalue weighted by atomic mass is 32.1. The number of thiophene rings is 1. The van der Waals surface area contributed by atoms with Gasteiger partial charge in [-0.3, -0.25) is 4.79 Å². The normalized spacial score (nSPS) is 14.4. The zero-order valence-corrected chi connectivity index (χ0v) is 12.1. The van der Waals surface area contributed by atoms with E-state index in [1.54, 1.807) is 18.3 Å². The van der Waals surface area contributed by atoms with Gasteiger partial charge in [0.15, 0.2) is 0 Å². The van der Waals surface area contributed by atoms with Crippen LogP contribution in [-0.2, 0) is 10.2 Å². The molecule has 0 spiro atoms. The molecule has 0 bridgehead atoms. The number of benzene rings is 1. The van der Waals surface area contributed by atoms with Gasteiger partial charge in [0.25, 0.3) is 0 Å². The summed E-state index contributed by atoms with van der Waals surface area (Å²) in [4.78, 5) is 12.8. The molecule has 0 saturated carbocycles. The molecule has 0 radical (unpaired) electrons. The molecule has 2 aromatic rings. The van der Waals surface area contributed by atoms with Crippen LogP contribution in [0.1, 0.15) is 30.7 Å². The maximum Gasteiger partial charge on any atom is 0.131 e. The molecule has 1 nitrogen and oxygen atoms in total. The Morgan fingerprint density at radius 2 is 1.95 bits per heavy atom. The Morgan fingerprint density at radius 3 is 2.53 bits per heavy atom. The summed E-state index contributed by atoms with van der Waals surface area (Å²) in [7, 11) is 0. The number of carbonyl (C=O) groups is 1. The monoisotopic (exact) mass is 270 g/mol. The van der Waals surface area contributed by atoms with Gasteiger partial charge in [-0.15, -0.1) is 11.3 Å². The maximum absolute atomic E-state index is 11.5. The number of hydrogen-bond acceptors (Lipinski definition) is 2. The van der Waals surface area contributed by atoms with Crippen LogP contribution in [0.2, 0.25) is 0 Å². The van der Waals surface area contributed by atoms with E-state index in [0.717, 1.165) is 5.56 Å². The molecular formula is C17H18OS. The van der Waals surface area contributed by atoms with E-state index in [1.807, 2.05) is 24.3 Å². The second-order valence-corrected chi connectivity index (χ2v) is 5.97. The van der Waals surface area contributed by atoms with Crippen molar-refractivity contribution in [2.75, 3.05) is 0 Å². The molecule has 0 N–H and O–H groups in total. The van der Waals surface area contributed by atoms with Crippen molar-refractivity contribution in [3.8, 4) is 0 Å². The topological polar surface area (TPSA) is 17.1 Å². The lowest BCUT2D eigenvalue weighted by Crippen LogP contribution is -2.20. The maximum atomic E-state index is 11.5. The molecule has 0 aliphatic heterocycles. The molecule has 1 aromatic carbocycles. The molecule has 2 rings (SSSR count). The summed E-state index contributed by atoms with van der Waals surface area (Å²) in [6, 6.07) is 14.3. The van der Waals surface area contributed by atoms with Gasteiger partial charge in [-0.2, -0.15) is 0 Å². The van der Waals surface area contributed by atoms with Crippen molar-refractivity contribution in [3.05, 3.63) is 64.4 Å². The van der Waals surface area contributed by atoms with Crippen molar-refractivity contribution >= 4 is 23.2 Å². The second kappa shape index (κ2) is 5.98. The van der Waals surface area contributed by atoms with Crippen LogP contribution in [0, 0.1) is 0 Å². The van der Waals surface area contributed by atoms with Gasteiger partial charge in [0.2, 0.25) is 0 Å². The molecule has 19 heavy (non-hydrogen) atoms. The molecular weight excluding hydrogens is 252 g/mol. The molecule has 0 unspecified atom stereocenters. The fraction of sp³-hybridized carbons (Fsp3) is 0.235. The Bertz CT molecular complexity index is 554. The third kappa shape index (κ3) is 3.65. The zero-order chi connectivity index (χ0) is 13.7. The molecule has 0 aliphatic rings. The fourth-order valence-electron chi connectivity index (χ4n) is 2.19. The average molecular weight is 270 g/mol. The lowest BCUT2D eigenvalue weighted by Gasteiger charge is -2.23.